The number of benzene rings is 2. The molecule has 0 aromatic heterocycles. The van der Waals surface area contributed by atoms with Gasteiger partial charge in [-0.2, -0.15) is 0 Å². The summed E-state index contributed by atoms with van der Waals surface area (Å²) in [5, 5.41) is 2.92. The van der Waals surface area contributed by atoms with Crippen LogP contribution in [-0.4, -0.2) is 18.4 Å². The van der Waals surface area contributed by atoms with Crippen molar-refractivity contribution in [2.24, 2.45) is 5.92 Å². The first kappa shape index (κ1) is 17.7. The lowest BCUT2D eigenvalue weighted by Crippen LogP contribution is -2.28. The first-order valence-corrected chi connectivity index (χ1v) is 9.23. The Bertz CT molecular complexity index is 802. The zero-order valence-corrected chi connectivity index (χ0v) is 16.0. The second-order valence-electron chi connectivity index (χ2n) is 6.38. The second-order valence-corrected chi connectivity index (χ2v) is 7.23. The van der Waals surface area contributed by atoms with Crippen molar-refractivity contribution in [3.63, 3.8) is 0 Å². The topological polar surface area (TPSA) is 49.4 Å². The Morgan fingerprint density at radius 2 is 1.96 bits per heavy atom. The first-order valence-electron chi connectivity index (χ1n) is 8.44. The van der Waals surface area contributed by atoms with Crippen molar-refractivity contribution in [1.82, 2.24) is 0 Å². The Labute approximate surface area is 156 Å². The van der Waals surface area contributed by atoms with E-state index >= 15 is 0 Å². The monoisotopic (exact) mass is 400 g/mol. The number of anilines is 2. The van der Waals surface area contributed by atoms with Crippen LogP contribution in [0.2, 0.25) is 0 Å². The molecule has 1 N–H and O–H groups in total. The van der Waals surface area contributed by atoms with Crippen LogP contribution in [0.1, 0.15) is 24.5 Å². The molecule has 1 atom stereocenters. The van der Waals surface area contributed by atoms with Crippen molar-refractivity contribution in [3.05, 3.63) is 58.1 Å². The summed E-state index contributed by atoms with van der Waals surface area (Å²) in [5.41, 5.74) is 3.90. The van der Waals surface area contributed by atoms with Crippen LogP contribution >= 0.6 is 15.9 Å². The van der Waals surface area contributed by atoms with E-state index in [4.69, 9.17) is 0 Å². The average Bonchev–Trinajstić information content (AvgIpc) is 3.00. The average molecular weight is 401 g/mol. The van der Waals surface area contributed by atoms with Crippen molar-refractivity contribution in [1.29, 1.82) is 0 Å². The number of hydrogen-bond acceptors (Lipinski definition) is 2. The molecule has 1 fully saturated rings. The summed E-state index contributed by atoms with van der Waals surface area (Å²) < 4.78 is 1.00. The van der Waals surface area contributed by atoms with E-state index < -0.39 is 0 Å². The van der Waals surface area contributed by atoms with Gasteiger partial charge < -0.3 is 10.2 Å². The zero-order chi connectivity index (χ0) is 18.0. The van der Waals surface area contributed by atoms with Gasteiger partial charge in [0.1, 0.15) is 0 Å². The summed E-state index contributed by atoms with van der Waals surface area (Å²) in [5.74, 6) is -0.443. The number of amides is 2. The summed E-state index contributed by atoms with van der Waals surface area (Å²) in [6.45, 7) is 4.49. The maximum absolute atomic E-state index is 12.5. The number of carbonyl (C=O) groups excluding carboxylic acids is 2. The fourth-order valence-corrected chi connectivity index (χ4v) is 3.26. The number of rotatable bonds is 4. The van der Waals surface area contributed by atoms with Gasteiger partial charge in [0, 0.05) is 28.8 Å². The van der Waals surface area contributed by atoms with E-state index in [1.165, 1.54) is 5.56 Å². The zero-order valence-electron chi connectivity index (χ0n) is 14.4. The van der Waals surface area contributed by atoms with Gasteiger partial charge in [-0.15, -0.1) is 0 Å². The Hall–Kier alpha value is -2.14. The highest BCUT2D eigenvalue weighted by atomic mass is 79.9. The molecule has 1 aliphatic heterocycles. The lowest BCUT2D eigenvalue weighted by molar-refractivity contribution is -0.122. The van der Waals surface area contributed by atoms with Gasteiger partial charge >= 0.3 is 0 Å². The third-order valence-electron chi connectivity index (χ3n) is 4.58. The van der Waals surface area contributed by atoms with E-state index in [-0.39, 0.29) is 24.2 Å². The number of aryl methyl sites for hydroxylation is 2. The Morgan fingerprint density at radius 3 is 2.60 bits per heavy atom. The van der Waals surface area contributed by atoms with Crippen molar-refractivity contribution >= 4 is 39.1 Å². The fraction of sp³-hybridized carbons (Fsp3) is 0.300. The molecule has 0 radical (unpaired) electrons. The molecule has 1 saturated heterocycles. The van der Waals surface area contributed by atoms with E-state index in [0.717, 1.165) is 27.8 Å². The standard InChI is InChI=1S/C20H21BrN2O2/c1-3-14-4-7-17(8-5-14)23-12-15(11-19(23)24)20(25)22-16-6-9-18(21)13(2)10-16/h4-10,15H,3,11-12H2,1-2H3,(H,22,25)/t15-/m1/s1. The smallest absolute Gasteiger partial charge is 0.229 e. The molecule has 0 bridgehead atoms. The van der Waals surface area contributed by atoms with Gasteiger partial charge in [0.15, 0.2) is 0 Å². The van der Waals surface area contributed by atoms with Gasteiger partial charge in [0.2, 0.25) is 11.8 Å². The molecule has 5 heteroatoms. The third kappa shape index (κ3) is 3.93. The van der Waals surface area contributed by atoms with Crippen LogP contribution in [0.4, 0.5) is 11.4 Å². The highest BCUT2D eigenvalue weighted by Gasteiger charge is 2.35. The van der Waals surface area contributed by atoms with Crippen LogP contribution in [0.5, 0.6) is 0 Å². The lowest BCUT2D eigenvalue weighted by atomic mass is 10.1. The van der Waals surface area contributed by atoms with E-state index in [1.54, 1.807) is 4.90 Å². The number of halogens is 1. The van der Waals surface area contributed by atoms with Crippen LogP contribution in [0, 0.1) is 12.8 Å². The maximum atomic E-state index is 12.5. The van der Waals surface area contributed by atoms with Gasteiger partial charge in [-0.25, -0.2) is 0 Å². The molecule has 0 spiro atoms. The molecule has 0 aliphatic carbocycles. The van der Waals surface area contributed by atoms with Crippen LogP contribution in [0.3, 0.4) is 0 Å². The van der Waals surface area contributed by atoms with Crippen LogP contribution in [0.25, 0.3) is 0 Å². The molecular weight excluding hydrogens is 380 g/mol. The molecule has 2 aromatic carbocycles. The highest BCUT2D eigenvalue weighted by molar-refractivity contribution is 9.10. The molecule has 0 unspecified atom stereocenters. The van der Waals surface area contributed by atoms with Gasteiger partial charge in [0.25, 0.3) is 0 Å². The van der Waals surface area contributed by atoms with Crippen LogP contribution < -0.4 is 10.2 Å². The summed E-state index contributed by atoms with van der Waals surface area (Å²) in [6.07, 6.45) is 1.21. The molecule has 2 amide bonds. The van der Waals surface area contributed by atoms with Crippen molar-refractivity contribution in [3.8, 4) is 0 Å². The Morgan fingerprint density at radius 1 is 1.24 bits per heavy atom. The second kappa shape index (κ2) is 7.40. The number of nitrogens with one attached hydrogen (secondary N) is 1. The Kier molecular flexibility index (Phi) is 5.23. The molecule has 1 heterocycles. The van der Waals surface area contributed by atoms with Crippen LogP contribution in [-0.2, 0) is 16.0 Å². The molecule has 25 heavy (non-hydrogen) atoms. The molecule has 0 saturated carbocycles. The largest absolute Gasteiger partial charge is 0.326 e. The predicted molar refractivity (Wildman–Crippen MR) is 104 cm³/mol. The van der Waals surface area contributed by atoms with Crippen molar-refractivity contribution < 1.29 is 9.59 Å². The first-order chi connectivity index (χ1) is 12.0. The SMILES string of the molecule is CCc1ccc(N2C[C@H](C(=O)Nc3ccc(Br)c(C)c3)CC2=O)cc1. The third-order valence-corrected chi connectivity index (χ3v) is 5.47. The number of hydrogen-bond donors (Lipinski definition) is 1. The van der Waals surface area contributed by atoms with Gasteiger partial charge in [-0.05, 0) is 54.8 Å². The summed E-state index contributed by atoms with van der Waals surface area (Å²) in [6, 6.07) is 13.6. The highest BCUT2D eigenvalue weighted by Crippen LogP contribution is 2.27. The maximum Gasteiger partial charge on any atom is 0.229 e. The number of carbonyl (C=O) groups is 2. The van der Waals surface area contributed by atoms with Crippen LogP contribution in [0.15, 0.2) is 46.9 Å². The summed E-state index contributed by atoms with van der Waals surface area (Å²) in [4.78, 5) is 26.6. The van der Waals surface area contributed by atoms with Gasteiger partial charge in [-0.3, -0.25) is 9.59 Å². The molecule has 1 aliphatic rings. The molecule has 4 nitrogen and oxygen atoms in total. The molecule has 130 valence electrons. The quantitative estimate of drug-likeness (QED) is 0.830. The van der Waals surface area contributed by atoms with Gasteiger partial charge in [0.05, 0.1) is 5.92 Å². The minimum Gasteiger partial charge on any atom is -0.326 e. The van der Waals surface area contributed by atoms with Crippen molar-refractivity contribution in [2.45, 2.75) is 26.7 Å². The normalized spacial score (nSPS) is 17.0. The van der Waals surface area contributed by atoms with Crippen molar-refractivity contribution in [2.75, 3.05) is 16.8 Å². The predicted octanol–water partition coefficient (Wildman–Crippen LogP) is 4.31. The van der Waals surface area contributed by atoms with E-state index in [9.17, 15) is 9.59 Å². The minimum atomic E-state index is -0.331. The van der Waals surface area contributed by atoms with E-state index in [2.05, 4.69) is 28.2 Å². The molecule has 3 rings (SSSR count). The van der Waals surface area contributed by atoms with E-state index in [1.807, 2.05) is 49.4 Å². The fourth-order valence-electron chi connectivity index (χ4n) is 3.01. The Balaban J connectivity index is 1.68. The molecule has 2 aromatic rings. The summed E-state index contributed by atoms with van der Waals surface area (Å²) >= 11 is 3.45. The van der Waals surface area contributed by atoms with Gasteiger partial charge in [-0.1, -0.05) is 35.0 Å². The summed E-state index contributed by atoms with van der Waals surface area (Å²) in [7, 11) is 0. The van der Waals surface area contributed by atoms with E-state index in [0.29, 0.717) is 6.54 Å². The minimum absolute atomic E-state index is 0.00335. The number of nitrogens with zero attached hydrogens (tertiary/aromatic N) is 1. The lowest BCUT2D eigenvalue weighted by Gasteiger charge is -2.17. The molecular formula is C20H21BrN2O2.